The summed E-state index contributed by atoms with van der Waals surface area (Å²) in [6.07, 6.45) is 7.12. The molecule has 0 radical (unpaired) electrons. The first-order valence-electron chi connectivity index (χ1n) is 8.98. The van der Waals surface area contributed by atoms with Crippen molar-refractivity contribution >= 4 is 11.7 Å². The molecule has 0 saturated heterocycles. The van der Waals surface area contributed by atoms with Crippen molar-refractivity contribution in [1.82, 2.24) is 9.55 Å². The van der Waals surface area contributed by atoms with Crippen LogP contribution in [0.5, 0.6) is 11.5 Å². The molecule has 3 aromatic rings. The molecule has 2 heterocycles. The van der Waals surface area contributed by atoms with Gasteiger partial charge in [-0.15, -0.1) is 6.42 Å². The number of ether oxygens (including phenoxy) is 2. The van der Waals surface area contributed by atoms with Gasteiger partial charge >= 0.3 is 0 Å². The molecule has 29 heavy (non-hydrogen) atoms. The van der Waals surface area contributed by atoms with Gasteiger partial charge in [0.05, 0.1) is 12.8 Å². The third-order valence-corrected chi connectivity index (χ3v) is 4.78. The first-order valence-corrected chi connectivity index (χ1v) is 8.98. The van der Waals surface area contributed by atoms with Crippen molar-refractivity contribution in [2.24, 2.45) is 0 Å². The maximum atomic E-state index is 13.3. The van der Waals surface area contributed by atoms with E-state index in [9.17, 15) is 9.18 Å². The second-order valence-electron chi connectivity index (χ2n) is 6.53. The Morgan fingerprint density at radius 3 is 2.79 bits per heavy atom. The van der Waals surface area contributed by atoms with Gasteiger partial charge < -0.3 is 14.8 Å². The highest BCUT2D eigenvalue weighted by atomic mass is 19.1. The van der Waals surface area contributed by atoms with E-state index in [1.807, 2.05) is 12.1 Å². The lowest BCUT2D eigenvalue weighted by Crippen LogP contribution is -2.25. The second kappa shape index (κ2) is 7.68. The first-order chi connectivity index (χ1) is 14.1. The smallest absolute Gasteiger partial charge is 0.226 e. The number of amides is 1. The lowest BCUT2D eigenvalue weighted by molar-refractivity contribution is -0.116. The van der Waals surface area contributed by atoms with Gasteiger partial charge in [0, 0.05) is 18.0 Å². The Bertz CT molecular complexity index is 1100. The number of imidazole rings is 1. The molecule has 1 atom stereocenters. The number of terminal acetylenes is 1. The van der Waals surface area contributed by atoms with E-state index in [0.717, 1.165) is 11.3 Å². The lowest BCUT2D eigenvalue weighted by atomic mass is 9.89. The number of nitrogens with one attached hydrogen (secondary N) is 1. The highest BCUT2D eigenvalue weighted by Crippen LogP contribution is 2.40. The van der Waals surface area contributed by atoms with Gasteiger partial charge in [0.1, 0.15) is 24.6 Å². The first kappa shape index (κ1) is 18.6. The van der Waals surface area contributed by atoms with Gasteiger partial charge in [-0.1, -0.05) is 12.0 Å². The number of anilines is 1. The second-order valence-corrected chi connectivity index (χ2v) is 6.53. The van der Waals surface area contributed by atoms with Crippen molar-refractivity contribution in [2.45, 2.75) is 12.3 Å². The summed E-state index contributed by atoms with van der Waals surface area (Å²) in [7, 11) is 1.55. The standard InChI is InChI=1S/C22H18FN3O3/c1-3-10-29-18-9-4-14(11-19(18)28-2)17-12-20(27)25-22-21(17)24-13-26(22)16-7-5-15(23)6-8-16/h1,4-9,11,13,17H,10,12H2,2H3,(H,25,27)/t17-/m1/s1. The number of rotatable bonds is 5. The third-order valence-electron chi connectivity index (χ3n) is 4.78. The van der Waals surface area contributed by atoms with E-state index in [1.54, 1.807) is 36.2 Å². The fourth-order valence-corrected chi connectivity index (χ4v) is 3.42. The quantitative estimate of drug-likeness (QED) is 0.676. The van der Waals surface area contributed by atoms with Crippen LogP contribution in [0.4, 0.5) is 10.2 Å². The molecule has 0 aliphatic carbocycles. The van der Waals surface area contributed by atoms with Crippen LogP contribution >= 0.6 is 0 Å². The highest BCUT2D eigenvalue weighted by molar-refractivity contribution is 5.94. The summed E-state index contributed by atoms with van der Waals surface area (Å²) < 4.78 is 25.9. The summed E-state index contributed by atoms with van der Waals surface area (Å²) in [6.45, 7) is 0.133. The minimum absolute atomic E-state index is 0.127. The number of nitrogens with zero attached hydrogens (tertiary/aromatic N) is 2. The fraction of sp³-hybridized carbons (Fsp3) is 0.182. The van der Waals surface area contributed by atoms with Crippen LogP contribution in [0.3, 0.4) is 0 Å². The number of carbonyl (C=O) groups excluding carboxylic acids is 1. The van der Waals surface area contributed by atoms with Gasteiger partial charge in [0.25, 0.3) is 0 Å². The Labute approximate surface area is 167 Å². The van der Waals surface area contributed by atoms with Crippen LogP contribution in [0.2, 0.25) is 0 Å². The Morgan fingerprint density at radius 1 is 1.28 bits per heavy atom. The van der Waals surface area contributed by atoms with E-state index in [2.05, 4.69) is 16.2 Å². The van der Waals surface area contributed by atoms with Gasteiger partial charge in [0.15, 0.2) is 11.5 Å². The van der Waals surface area contributed by atoms with Crippen LogP contribution in [-0.4, -0.2) is 29.2 Å². The van der Waals surface area contributed by atoms with E-state index < -0.39 is 0 Å². The summed E-state index contributed by atoms with van der Waals surface area (Å²) in [4.78, 5) is 16.9. The van der Waals surface area contributed by atoms with E-state index >= 15 is 0 Å². The number of carbonyl (C=O) groups is 1. The summed E-state index contributed by atoms with van der Waals surface area (Å²) in [5.41, 5.74) is 2.31. The molecule has 1 N–H and O–H groups in total. The van der Waals surface area contributed by atoms with Crippen LogP contribution in [-0.2, 0) is 4.79 Å². The third kappa shape index (κ3) is 3.52. The molecule has 7 heteroatoms. The SMILES string of the molecule is C#CCOc1ccc([C@H]2CC(=O)Nc3c2ncn3-c2ccc(F)cc2)cc1OC. The number of halogens is 1. The number of methoxy groups -OCH3 is 1. The van der Waals surface area contributed by atoms with E-state index in [1.165, 1.54) is 12.1 Å². The maximum absolute atomic E-state index is 13.3. The topological polar surface area (TPSA) is 65.4 Å². The van der Waals surface area contributed by atoms with Gasteiger partial charge in [0.2, 0.25) is 5.91 Å². The molecule has 0 fully saturated rings. The zero-order valence-corrected chi connectivity index (χ0v) is 15.7. The predicted molar refractivity (Wildman–Crippen MR) is 106 cm³/mol. The molecule has 2 aromatic carbocycles. The summed E-state index contributed by atoms with van der Waals surface area (Å²) in [5.74, 6) is 3.35. The molecule has 1 aromatic heterocycles. The Hall–Kier alpha value is -3.79. The largest absolute Gasteiger partial charge is 0.493 e. The van der Waals surface area contributed by atoms with Crippen LogP contribution in [0.15, 0.2) is 48.8 Å². The van der Waals surface area contributed by atoms with E-state index in [0.29, 0.717) is 23.0 Å². The van der Waals surface area contributed by atoms with Gasteiger partial charge in [-0.05, 0) is 42.0 Å². The van der Waals surface area contributed by atoms with Crippen molar-refractivity contribution in [3.63, 3.8) is 0 Å². The number of hydrogen-bond donors (Lipinski definition) is 1. The number of benzene rings is 2. The average molecular weight is 391 g/mol. The van der Waals surface area contributed by atoms with Crippen LogP contribution < -0.4 is 14.8 Å². The predicted octanol–water partition coefficient (Wildman–Crippen LogP) is 3.51. The molecule has 1 amide bonds. The molecule has 0 spiro atoms. The number of fused-ring (bicyclic) bond motifs is 1. The molecule has 146 valence electrons. The molecule has 6 nitrogen and oxygen atoms in total. The number of hydrogen-bond acceptors (Lipinski definition) is 4. The van der Waals surface area contributed by atoms with Crippen molar-refractivity contribution < 1.29 is 18.7 Å². The molecular weight excluding hydrogens is 373 g/mol. The zero-order chi connectivity index (χ0) is 20.4. The molecular formula is C22H18FN3O3. The minimum atomic E-state index is -0.330. The van der Waals surface area contributed by atoms with Crippen LogP contribution in [0.1, 0.15) is 23.6 Å². The maximum Gasteiger partial charge on any atom is 0.226 e. The van der Waals surface area contributed by atoms with Gasteiger partial charge in [-0.25, -0.2) is 9.37 Å². The van der Waals surface area contributed by atoms with Crippen LogP contribution in [0, 0.1) is 18.2 Å². The van der Waals surface area contributed by atoms with Crippen LogP contribution in [0.25, 0.3) is 5.69 Å². The minimum Gasteiger partial charge on any atom is -0.493 e. The lowest BCUT2D eigenvalue weighted by Gasteiger charge is -2.24. The van der Waals surface area contributed by atoms with Gasteiger partial charge in [-0.3, -0.25) is 9.36 Å². The molecule has 4 rings (SSSR count). The Balaban J connectivity index is 1.73. The normalized spacial score (nSPS) is 15.2. The molecule has 0 unspecified atom stereocenters. The van der Waals surface area contributed by atoms with E-state index in [-0.39, 0.29) is 30.7 Å². The fourth-order valence-electron chi connectivity index (χ4n) is 3.42. The van der Waals surface area contributed by atoms with Crippen molar-refractivity contribution in [1.29, 1.82) is 0 Å². The Kier molecular flexibility index (Phi) is 4.92. The summed E-state index contributed by atoms with van der Waals surface area (Å²) >= 11 is 0. The average Bonchev–Trinajstić information content (AvgIpc) is 3.15. The summed E-state index contributed by atoms with van der Waals surface area (Å²) in [5, 5.41) is 2.88. The highest BCUT2D eigenvalue weighted by Gasteiger charge is 2.31. The van der Waals surface area contributed by atoms with Crippen molar-refractivity contribution in [2.75, 3.05) is 19.0 Å². The van der Waals surface area contributed by atoms with Gasteiger partial charge in [-0.2, -0.15) is 0 Å². The Morgan fingerprint density at radius 2 is 2.07 bits per heavy atom. The van der Waals surface area contributed by atoms with Crippen molar-refractivity contribution in [3.8, 4) is 29.5 Å². The zero-order valence-electron chi connectivity index (χ0n) is 15.7. The van der Waals surface area contributed by atoms with Crippen molar-refractivity contribution in [3.05, 3.63) is 65.9 Å². The molecule has 0 bridgehead atoms. The summed E-state index contributed by atoms with van der Waals surface area (Å²) in [6, 6.07) is 11.5. The molecule has 0 saturated carbocycles. The van der Waals surface area contributed by atoms with E-state index in [4.69, 9.17) is 15.9 Å². The molecule has 1 aliphatic heterocycles. The monoisotopic (exact) mass is 391 g/mol. The number of aromatic nitrogens is 2. The molecule has 1 aliphatic rings.